The van der Waals surface area contributed by atoms with Crippen molar-refractivity contribution in [2.45, 2.75) is 51.2 Å². The monoisotopic (exact) mass is 460 g/mol. The van der Waals surface area contributed by atoms with Crippen LogP contribution in [0.5, 0.6) is 5.75 Å². The van der Waals surface area contributed by atoms with Gasteiger partial charge in [0.1, 0.15) is 35.9 Å². The largest absolute Gasteiger partial charge is 0.497 e. The average molecular weight is 461 g/mol. The fraction of sp³-hybridized carbons (Fsp3) is 0.310. The fourth-order valence-corrected chi connectivity index (χ4v) is 4.04. The zero-order valence-electron chi connectivity index (χ0n) is 19.8. The van der Waals surface area contributed by atoms with Gasteiger partial charge in [0.05, 0.1) is 26.9 Å². The molecule has 0 saturated carbocycles. The quantitative estimate of drug-likeness (QED) is 0.389. The molecule has 3 aromatic rings. The molecule has 4 atom stereocenters. The summed E-state index contributed by atoms with van der Waals surface area (Å²) in [6.07, 6.45) is -1.39. The van der Waals surface area contributed by atoms with Crippen molar-refractivity contribution in [2.75, 3.05) is 7.11 Å². The van der Waals surface area contributed by atoms with Crippen LogP contribution in [0.2, 0.25) is 0 Å². The predicted octanol–water partition coefficient (Wildman–Crippen LogP) is 5.68. The first-order valence-corrected chi connectivity index (χ1v) is 11.5. The Morgan fingerprint density at radius 3 is 1.74 bits per heavy atom. The molecule has 0 bridgehead atoms. The van der Waals surface area contributed by atoms with Gasteiger partial charge in [-0.25, -0.2) is 0 Å². The topological polar surface area (TPSA) is 46.2 Å². The maximum absolute atomic E-state index is 6.44. The van der Waals surface area contributed by atoms with Crippen LogP contribution in [-0.2, 0) is 38.8 Å². The third-order valence-electron chi connectivity index (χ3n) is 5.90. The standard InChI is InChI=1S/C29H32O5/c1-21-27(31-18-23-10-6-4-7-11-23)29(33-19-24-12-8-5-9-13-24)28(22(2)34-21)32-20-25-14-16-26(30-3)17-15-25/h4-17,21,27-29H,2,18-20H2,1,3H3/t21-,27-,28+,29+/m0/s1. The summed E-state index contributed by atoms with van der Waals surface area (Å²) < 4.78 is 30.4. The highest BCUT2D eigenvalue weighted by Gasteiger charge is 2.44. The Balaban J connectivity index is 1.50. The van der Waals surface area contributed by atoms with Gasteiger partial charge in [-0.05, 0) is 35.7 Å². The van der Waals surface area contributed by atoms with E-state index in [0.717, 1.165) is 22.4 Å². The van der Waals surface area contributed by atoms with Crippen molar-refractivity contribution in [3.8, 4) is 5.75 Å². The van der Waals surface area contributed by atoms with Gasteiger partial charge in [-0.2, -0.15) is 0 Å². The van der Waals surface area contributed by atoms with Crippen molar-refractivity contribution in [1.82, 2.24) is 0 Å². The summed E-state index contributed by atoms with van der Waals surface area (Å²) in [5, 5.41) is 0. The summed E-state index contributed by atoms with van der Waals surface area (Å²) in [4.78, 5) is 0. The summed E-state index contributed by atoms with van der Waals surface area (Å²) in [6, 6.07) is 28.0. The van der Waals surface area contributed by atoms with Crippen molar-refractivity contribution in [1.29, 1.82) is 0 Å². The second-order valence-electron chi connectivity index (χ2n) is 8.39. The maximum Gasteiger partial charge on any atom is 0.143 e. The Kier molecular flexibility index (Phi) is 8.36. The second kappa shape index (κ2) is 11.8. The molecule has 34 heavy (non-hydrogen) atoms. The molecule has 4 rings (SSSR count). The van der Waals surface area contributed by atoms with Gasteiger partial charge < -0.3 is 23.7 Å². The minimum absolute atomic E-state index is 0.224. The van der Waals surface area contributed by atoms with E-state index in [-0.39, 0.29) is 18.3 Å². The van der Waals surface area contributed by atoms with Gasteiger partial charge in [-0.1, -0.05) is 79.4 Å². The van der Waals surface area contributed by atoms with Gasteiger partial charge in [-0.15, -0.1) is 0 Å². The van der Waals surface area contributed by atoms with Crippen molar-refractivity contribution in [3.05, 3.63) is 114 Å². The van der Waals surface area contributed by atoms with Gasteiger partial charge in [0.15, 0.2) is 0 Å². The molecule has 0 spiro atoms. The number of benzene rings is 3. The molecule has 5 nitrogen and oxygen atoms in total. The van der Waals surface area contributed by atoms with E-state index in [2.05, 4.69) is 6.58 Å². The summed E-state index contributed by atoms with van der Waals surface area (Å²) in [5.74, 6) is 1.36. The third-order valence-corrected chi connectivity index (χ3v) is 5.90. The molecule has 0 N–H and O–H groups in total. The summed E-state index contributed by atoms with van der Waals surface area (Å²) >= 11 is 0. The molecule has 0 aromatic heterocycles. The summed E-state index contributed by atoms with van der Waals surface area (Å²) in [5.41, 5.74) is 3.20. The molecular weight excluding hydrogens is 428 g/mol. The Morgan fingerprint density at radius 1 is 0.676 bits per heavy atom. The Bertz CT molecular complexity index is 1020. The van der Waals surface area contributed by atoms with Crippen molar-refractivity contribution in [3.63, 3.8) is 0 Å². The highest BCUT2D eigenvalue weighted by atomic mass is 16.6. The van der Waals surface area contributed by atoms with Crippen molar-refractivity contribution in [2.24, 2.45) is 0 Å². The molecule has 0 unspecified atom stereocenters. The first-order valence-electron chi connectivity index (χ1n) is 11.5. The molecule has 1 saturated heterocycles. The molecular formula is C29H32O5. The van der Waals surface area contributed by atoms with E-state index < -0.39 is 6.10 Å². The molecule has 0 radical (unpaired) electrons. The highest BCUT2D eigenvalue weighted by molar-refractivity contribution is 5.27. The van der Waals surface area contributed by atoms with Crippen LogP contribution in [0.4, 0.5) is 0 Å². The molecule has 0 amide bonds. The highest BCUT2D eigenvalue weighted by Crippen LogP contribution is 2.31. The second-order valence-corrected chi connectivity index (χ2v) is 8.39. The number of ether oxygens (including phenoxy) is 5. The van der Waals surface area contributed by atoms with Crippen molar-refractivity contribution < 1.29 is 23.7 Å². The van der Waals surface area contributed by atoms with E-state index in [1.165, 1.54) is 0 Å². The van der Waals surface area contributed by atoms with Crippen LogP contribution in [0.25, 0.3) is 0 Å². The van der Waals surface area contributed by atoms with Gasteiger partial charge in [-0.3, -0.25) is 0 Å². The molecule has 1 aliphatic heterocycles. The Labute approximate surface area is 201 Å². The van der Waals surface area contributed by atoms with Crippen LogP contribution in [0.1, 0.15) is 23.6 Å². The van der Waals surface area contributed by atoms with E-state index in [1.807, 2.05) is 91.9 Å². The normalized spacial score (nSPS) is 22.2. The molecule has 1 fully saturated rings. The van der Waals surface area contributed by atoms with Crippen molar-refractivity contribution >= 4 is 0 Å². The van der Waals surface area contributed by atoms with Crippen LogP contribution < -0.4 is 4.74 Å². The molecule has 1 aliphatic rings. The van der Waals surface area contributed by atoms with Gasteiger partial charge in [0, 0.05) is 0 Å². The van der Waals surface area contributed by atoms with Gasteiger partial charge in [0.2, 0.25) is 0 Å². The maximum atomic E-state index is 6.44. The minimum atomic E-state index is -0.470. The van der Waals surface area contributed by atoms with E-state index in [9.17, 15) is 0 Å². The van der Waals surface area contributed by atoms with E-state index in [1.54, 1.807) is 7.11 Å². The lowest BCUT2D eigenvalue weighted by Crippen LogP contribution is -2.53. The molecule has 1 heterocycles. The van der Waals surface area contributed by atoms with Crippen LogP contribution in [-0.4, -0.2) is 31.5 Å². The van der Waals surface area contributed by atoms with Crippen LogP contribution in [0, 0.1) is 0 Å². The lowest BCUT2D eigenvalue weighted by atomic mass is 9.98. The Hall–Kier alpha value is -3.12. The average Bonchev–Trinajstić information content (AvgIpc) is 2.88. The molecule has 0 aliphatic carbocycles. The number of methoxy groups -OCH3 is 1. The molecule has 178 valence electrons. The molecule has 3 aromatic carbocycles. The van der Waals surface area contributed by atoms with Gasteiger partial charge in [0.25, 0.3) is 0 Å². The summed E-state index contributed by atoms with van der Waals surface area (Å²) in [6.45, 7) is 7.42. The fourth-order valence-electron chi connectivity index (χ4n) is 4.04. The SMILES string of the molecule is C=C1O[C@@H](C)[C@H](OCc2ccccc2)[C@@H](OCc2ccccc2)[C@@H]1OCc1ccc(OC)cc1. The summed E-state index contributed by atoms with van der Waals surface area (Å²) in [7, 11) is 1.65. The predicted molar refractivity (Wildman–Crippen MR) is 131 cm³/mol. The van der Waals surface area contributed by atoms with E-state index in [0.29, 0.717) is 25.6 Å². The number of rotatable bonds is 10. The number of hydrogen-bond acceptors (Lipinski definition) is 5. The molecule has 5 heteroatoms. The lowest BCUT2D eigenvalue weighted by Gasteiger charge is -2.42. The van der Waals surface area contributed by atoms with Crippen LogP contribution >= 0.6 is 0 Å². The number of hydrogen-bond donors (Lipinski definition) is 0. The van der Waals surface area contributed by atoms with Crippen LogP contribution in [0.15, 0.2) is 97.3 Å². The van der Waals surface area contributed by atoms with Crippen LogP contribution in [0.3, 0.4) is 0 Å². The third kappa shape index (κ3) is 6.26. The zero-order valence-corrected chi connectivity index (χ0v) is 19.8. The minimum Gasteiger partial charge on any atom is -0.497 e. The lowest BCUT2D eigenvalue weighted by molar-refractivity contribution is -0.210. The van der Waals surface area contributed by atoms with E-state index in [4.69, 9.17) is 23.7 Å². The first kappa shape index (κ1) is 24.0. The first-order chi connectivity index (χ1) is 16.6. The smallest absolute Gasteiger partial charge is 0.143 e. The van der Waals surface area contributed by atoms with E-state index >= 15 is 0 Å². The Morgan fingerprint density at radius 2 is 1.18 bits per heavy atom. The zero-order chi connectivity index (χ0) is 23.8. The van der Waals surface area contributed by atoms with Gasteiger partial charge >= 0.3 is 0 Å².